The van der Waals surface area contributed by atoms with E-state index in [1.165, 1.54) is 13.2 Å². The fraction of sp³-hybridized carbons (Fsp3) is 0.0952. The minimum absolute atomic E-state index is 0.00669. The maximum absolute atomic E-state index is 11.7. The number of ether oxygens (including phenoxy) is 1. The number of carbonyl (C=O) groups is 1. The SMILES string of the molecule is COc1cc(C(c2ccc(O)cc2)c2ccccc2C(=O)O)ccc1O. The van der Waals surface area contributed by atoms with Crippen LogP contribution in [0.25, 0.3) is 0 Å². The van der Waals surface area contributed by atoms with Crippen LogP contribution in [0.3, 0.4) is 0 Å². The number of hydrogen-bond acceptors (Lipinski definition) is 4. The predicted molar refractivity (Wildman–Crippen MR) is 97.1 cm³/mol. The molecule has 0 saturated heterocycles. The quantitative estimate of drug-likeness (QED) is 0.606. The normalized spacial score (nSPS) is 11.7. The molecule has 0 aliphatic rings. The standard InChI is InChI=1S/C21H18O5/c1-26-19-12-14(8-11-18(19)23)20(13-6-9-15(22)10-7-13)16-4-2-3-5-17(16)21(24)25/h2-12,20,22-23H,1H3,(H,24,25). The van der Waals surface area contributed by atoms with Crippen LogP contribution in [0.2, 0.25) is 0 Å². The number of hydrogen-bond donors (Lipinski definition) is 3. The van der Waals surface area contributed by atoms with Crippen molar-refractivity contribution in [3.63, 3.8) is 0 Å². The highest BCUT2D eigenvalue weighted by atomic mass is 16.5. The number of rotatable bonds is 5. The number of benzene rings is 3. The first kappa shape index (κ1) is 17.4. The highest BCUT2D eigenvalue weighted by Crippen LogP contribution is 2.38. The summed E-state index contributed by atoms with van der Waals surface area (Å²) in [6.45, 7) is 0. The van der Waals surface area contributed by atoms with Crippen molar-refractivity contribution in [2.75, 3.05) is 7.11 Å². The van der Waals surface area contributed by atoms with E-state index < -0.39 is 11.9 Å². The largest absolute Gasteiger partial charge is 0.508 e. The molecule has 0 radical (unpaired) electrons. The monoisotopic (exact) mass is 350 g/mol. The van der Waals surface area contributed by atoms with E-state index in [2.05, 4.69) is 0 Å². The first-order chi connectivity index (χ1) is 12.5. The van der Waals surface area contributed by atoms with Gasteiger partial charge in [-0.2, -0.15) is 0 Å². The average molecular weight is 350 g/mol. The number of aromatic hydroxyl groups is 2. The van der Waals surface area contributed by atoms with Gasteiger partial charge >= 0.3 is 5.97 Å². The third kappa shape index (κ3) is 3.32. The molecule has 3 rings (SSSR count). The van der Waals surface area contributed by atoms with Crippen molar-refractivity contribution in [3.05, 3.63) is 89.0 Å². The Morgan fingerprint density at radius 3 is 2.23 bits per heavy atom. The molecule has 3 aromatic carbocycles. The molecular weight excluding hydrogens is 332 g/mol. The summed E-state index contributed by atoms with van der Waals surface area (Å²) in [5, 5.41) is 29.1. The lowest BCUT2D eigenvalue weighted by Crippen LogP contribution is -2.10. The molecule has 0 spiro atoms. The molecule has 0 aliphatic carbocycles. The van der Waals surface area contributed by atoms with Gasteiger partial charge < -0.3 is 20.1 Å². The molecule has 0 fully saturated rings. The summed E-state index contributed by atoms with van der Waals surface area (Å²) in [4.78, 5) is 11.7. The molecule has 5 heteroatoms. The lowest BCUT2D eigenvalue weighted by atomic mass is 9.82. The van der Waals surface area contributed by atoms with Gasteiger partial charge in [-0.1, -0.05) is 36.4 Å². The summed E-state index contributed by atoms with van der Waals surface area (Å²) in [5.41, 5.74) is 2.37. The van der Waals surface area contributed by atoms with Crippen molar-refractivity contribution in [2.45, 2.75) is 5.92 Å². The molecule has 3 aromatic rings. The Morgan fingerprint density at radius 1 is 0.923 bits per heavy atom. The third-order valence-electron chi connectivity index (χ3n) is 4.27. The van der Waals surface area contributed by atoms with Gasteiger partial charge in [-0.05, 0) is 47.0 Å². The van der Waals surface area contributed by atoms with Gasteiger partial charge in [0, 0.05) is 5.92 Å². The lowest BCUT2D eigenvalue weighted by Gasteiger charge is -2.21. The Labute approximate surface area is 150 Å². The molecule has 132 valence electrons. The summed E-state index contributed by atoms with van der Waals surface area (Å²) in [6.07, 6.45) is 0. The number of phenolic OH excluding ortho intramolecular Hbond substituents is 2. The molecule has 0 amide bonds. The molecule has 0 aromatic heterocycles. The minimum atomic E-state index is -1.02. The zero-order valence-corrected chi connectivity index (χ0v) is 14.1. The summed E-state index contributed by atoms with van der Waals surface area (Å²) in [6, 6.07) is 18.3. The van der Waals surface area contributed by atoms with Gasteiger partial charge in [0.15, 0.2) is 11.5 Å². The van der Waals surface area contributed by atoms with Crippen molar-refractivity contribution in [2.24, 2.45) is 0 Å². The maximum Gasteiger partial charge on any atom is 0.335 e. The molecule has 0 bridgehead atoms. The summed E-state index contributed by atoms with van der Waals surface area (Å²) < 4.78 is 5.20. The third-order valence-corrected chi connectivity index (χ3v) is 4.27. The van der Waals surface area contributed by atoms with Crippen LogP contribution in [-0.2, 0) is 0 Å². The van der Waals surface area contributed by atoms with Crippen LogP contribution in [-0.4, -0.2) is 28.4 Å². The molecule has 3 N–H and O–H groups in total. The summed E-state index contributed by atoms with van der Waals surface area (Å²) >= 11 is 0. The number of carboxylic acid groups (broad SMARTS) is 1. The van der Waals surface area contributed by atoms with Crippen molar-refractivity contribution >= 4 is 5.97 Å². The van der Waals surface area contributed by atoms with E-state index in [-0.39, 0.29) is 17.1 Å². The first-order valence-electron chi connectivity index (χ1n) is 7.99. The van der Waals surface area contributed by atoms with Crippen LogP contribution in [0, 0.1) is 0 Å². The van der Waals surface area contributed by atoms with E-state index in [1.54, 1.807) is 60.7 Å². The van der Waals surface area contributed by atoms with E-state index in [0.29, 0.717) is 11.3 Å². The van der Waals surface area contributed by atoms with E-state index in [1.807, 2.05) is 0 Å². The van der Waals surface area contributed by atoms with E-state index >= 15 is 0 Å². The zero-order chi connectivity index (χ0) is 18.7. The summed E-state index contributed by atoms with van der Waals surface area (Å²) in [7, 11) is 1.46. The number of aromatic carboxylic acids is 1. The average Bonchev–Trinajstić information content (AvgIpc) is 2.65. The second-order valence-electron chi connectivity index (χ2n) is 5.85. The van der Waals surface area contributed by atoms with Gasteiger partial charge in [-0.25, -0.2) is 4.79 Å². The Morgan fingerprint density at radius 2 is 1.58 bits per heavy atom. The van der Waals surface area contributed by atoms with Crippen molar-refractivity contribution in [1.29, 1.82) is 0 Å². The van der Waals surface area contributed by atoms with Gasteiger partial charge in [-0.15, -0.1) is 0 Å². The fourth-order valence-corrected chi connectivity index (χ4v) is 3.04. The van der Waals surface area contributed by atoms with Crippen molar-refractivity contribution < 1.29 is 24.9 Å². The molecular formula is C21H18O5. The molecule has 26 heavy (non-hydrogen) atoms. The molecule has 0 saturated carbocycles. The van der Waals surface area contributed by atoms with Gasteiger partial charge in [-0.3, -0.25) is 0 Å². The Hall–Kier alpha value is -3.47. The van der Waals surface area contributed by atoms with Crippen molar-refractivity contribution in [1.82, 2.24) is 0 Å². The predicted octanol–water partition coefficient (Wildman–Crippen LogP) is 3.98. The molecule has 1 atom stereocenters. The van der Waals surface area contributed by atoms with Crippen LogP contribution in [0.4, 0.5) is 0 Å². The molecule has 5 nitrogen and oxygen atoms in total. The fourth-order valence-electron chi connectivity index (χ4n) is 3.04. The molecule has 1 unspecified atom stereocenters. The zero-order valence-electron chi connectivity index (χ0n) is 14.1. The number of phenols is 2. The molecule has 0 aliphatic heterocycles. The Kier molecular flexibility index (Phi) is 4.80. The topological polar surface area (TPSA) is 87.0 Å². The second kappa shape index (κ2) is 7.19. The smallest absolute Gasteiger partial charge is 0.335 e. The van der Waals surface area contributed by atoms with E-state index in [4.69, 9.17) is 4.74 Å². The van der Waals surface area contributed by atoms with Crippen LogP contribution < -0.4 is 4.74 Å². The minimum Gasteiger partial charge on any atom is -0.508 e. The van der Waals surface area contributed by atoms with Crippen molar-refractivity contribution in [3.8, 4) is 17.2 Å². The van der Waals surface area contributed by atoms with Crippen LogP contribution in [0.15, 0.2) is 66.7 Å². The number of methoxy groups -OCH3 is 1. The Balaban J connectivity index is 2.24. The van der Waals surface area contributed by atoms with Crippen LogP contribution in [0.5, 0.6) is 17.2 Å². The second-order valence-corrected chi connectivity index (χ2v) is 5.85. The van der Waals surface area contributed by atoms with Gasteiger partial charge in [0.05, 0.1) is 12.7 Å². The van der Waals surface area contributed by atoms with E-state index in [9.17, 15) is 20.1 Å². The lowest BCUT2D eigenvalue weighted by molar-refractivity contribution is 0.0695. The van der Waals surface area contributed by atoms with Gasteiger partial charge in [0.25, 0.3) is 0 Å². The summed E-state index contributed by atoms with van der Waals surface area (Å²) in [5.74, 6) is -0.985. The van der Waals surface area contributed by atoms with Gasteiger partial charge in [0.1, 0.15) is 5.75 Å². The molecule has 0 heterocycles. The highest BCUT2D eigenvalue weighted by molar-refractivity contribution is 5.90. The van der Waals surface area contributed by atoms with Gasteiger partial charge in [0.2, 0.25) is 0 Å². The number of carboxylic acids is 1. The Bertz CT molecular complexity index is 931. The van der Waals surface area contributed by atoms with E-state index in [0.717, 1.165) is 11.1 Å². The van der Waals surface area contributed by atoms with Crippen LogP contribution in [0.1, 0.15) is 33.0 Å². The first-order valence-corrected chi connectivity index (χ1v) is 7.99. The highest BCUT2D eigenvalue weighted by Gasteiger charge is 2.23. The van der Waals surface area contributed by atoms with Crippen LogP contribution >= 0.6 is 0 Å². The maximum atomic E-state index is 11.7.